The Hall–Kier alpha value is -1.97. The molecule has 4 N–H and O–H groups in total. The van der Waals surface area contributed by atoms with Crippen LogP contribution in [0.4, 0.5) is 0 Å². The number of nitrogens with zero attached hydrogens (tertiary/aromatic N) is 2. The standard InChI is InChI=1S/C21H34N4O2/c1-6-19(23)17(11-16(3)27-21(4)7-8-21)12-18(22)13-20(24-5)25-9-10-26-14-15(25)2/h1,13,15-16H,7-12,14,22-23H2,2-5H3/b18-13?,19-17-,24-20?. The number of ether oxygens (including phenoxy) is 2. The van der Waals surface area contributed by atoms with Gasteiger partial charge in [-0.1, -0.05) is 5.92 Å². The molecule has 1 aliphatic carbocycles. The smallest absolute Gasteiger partial charge is 0.125 e. The summed E-state index contributed by atoms with van der Waals surface area (Å²) in [5.41, 5.74) is 14.5. The number of hydrogen-bond donors (Lipinski definition) is 2. The minimum Gasteiger partial charge on any atom is -0.402 e. The number of terminal acetylenes is 1. The average molecular weight is 375 g/mol. The average Bonchev–Trinajstić information content (AvgIpc) is 3.35. The fourth-order valence-electron chi connectivity index (χ4n) is 3.35. The molecule has 0 aromatic carbocycles. The molecule has 2 aliphatic rings. The Balaban J connectivity index is 2.06. The normalized spacial score (nSPS) is 24.9. The number of amidine groups is 1. The summed E-state index contributed by atoms with van der Waals surface area (Å²) < 4.78 is 11.6. The largest absolute Gasteiger partial charge is 0.402 e. The van der Waals surface area contributed by atoms with Crippen molar-refractivity contribution in [1.29, 1.82) is 0 Å². The maximum atomic E-state index is 6.33. The Morgan fingerprint density at radius 3 is 2.74 bits per heavy atom. The van der Waals surface area contributed by atoms with Gasteiger partial charge in [0.2, 0.25) is 0 Å². The van der Waals surface area contributed by atoms with E-state index in [1.165, 1.54) is 0 Å². The van der Waals surface area contributed by atoms with Gasteiger partial charge in [-0.3, -0.25) is 4.99 Å². The highest BCUT2D eigenvalue weighted by molar-refractivity contribution is 5.93. The molecule has 27 heavy (non-hydrogen) atoms. The van der Waals surface area contributed by atoms with Crippen LogP contribution in [0, 0.1) is 12.3 Å². The van der Waals surface area contributed by atoms with Gasteiger partial charge in [0, 0.05) is 25.7 Å². The summed E-state index contributed by atoms with van der Waals surface area (Å²) in [5, 5.41) is 0. The molecule has 0 bridgehead atoms. The SMILES string of the molecule is C#C/C(N)=C(/CC(N)=CC(=NC)N1CCOCC1C)CC(C)OC1(C)CC1. The van der Waals surface area contributed by atoms with Crippen molar-refractivity contribution < 1.29 is 9.47 Å². The molecule has 2 unspecified atom stereocenters. The molecule has 1 aliphatic heterocycles. The molecular weight excluding hydrogens is 340 g/mol. The van der Waals surface area contributed by atoms with Crippen LogP contribution in [-0.2, 0) is 9.47 Å². The van der Waals surface area contributed by atoms with E-state index in [0.29, 0.717) is 37.4 Å². The lowest BCUT2D eigenvalue weighted by atomic mass is 10.0. The summed E-state index contributed by atoms with van der Waals surface area (Å²) in [7, 11) is 1.78. The lowest BCUT2D eigenvalue weighted by Gasteiger charge is -2.35. The van der Waals surface area contributed by atoms with Crippen molar-refractivity contribution in [1.82, 2.24) is 4.90 Å². The third kappa shape index (κ3) is 6.30. The quantitative estimate of drug-likeness (QED) is 0.405. The molecule has 1 saturated heterocycles. The van der Waals surface area contributed by atoms with E-state index in [9.17, 15) is 0 Å². The summed E-state index contributed by atoms with van der Waals surface area (Å²) in [4.78, 5) is 6.62. The van der Waals surface area contributed by atoms with Gasteiger partial charge in [0.25, 0.3) is 0 Å². The first kappa shape index (κ1) is 21.3. The van der Waals surface area contributed by atoms with Gasteiger partial charge < -0.3 is 25.8 Å². The van der Waals surface area contributed by atoms with Crippen LogP contribution >= 0.6 is 0 Å². The van der Waals surface area contributed by atoms with Gasteiger partial charge in [-0.2, -0.15) is 0 Å². The highest BCUT2D eigenvalue weighted by Crippen LogP contribution is 2.40. The Kier molecular flexibility index (Phi) is 7.34. The minimum atomic E-state index is 0.0192. The predicted molar refractivity (Wildman–Crippen MR) is 110 cm³/mol. The van der Waals surface area contributed by atoms with Gasteiger partial charge in [0.15, 0.2) is 0 Å². The number of allylic oxidation sites excluding steroid dienone is 2. The summed E-state index contributed by atoms with van der Waals surface area (Å²) in [6, 6.07) is 0.264. The summed E-state index contributed by atoms with van der Waals surface area (Å²) in [6.45, 7) is 8.50. The van der Waals surface area contributed by atoms with Crippen molar-refractivity contribution >= 4 is 5.84 Å². The van der Waals surface area contributed by atoms with Crippen molar-refractivity contribution in [2.24, 2.45) is 16.5 Å². The van der Waals surface area contributed by atoms with Crippen LogP contribution < -0.4 is 11.5 Å². The van der Waals surface area contributed by atoms with Crippen molar-refractivity contribution in [2.75, 3.05) is 26.8 Å². The number of hydrogen-bond acceptors (Lipinski definition) is 5. The maximum Gasteiger partial charge on any atom is 0.125 e. The van der Waals surface area contributed by atoms with E-state index in [0.717, 1.165) is 30.8 Å². The molecular formula is C21H34N4O2. The monoisotopic (exact) mass is 374 g/mol. The lowest BCUT2D eigenvalue weighted by molar-refractivity contribution is -0.00893. The molecule has 0 spiro atoms. The van der Waals surface area contributed by atoms with E-state index >= 15 is 0 Å². The van der Waals surface area contributed by atoms with Crippen molar-refractivity contribution in [3.8, 4) is 12.3 Å². The van der Waals surface area contributed by atoms with Crippen LogP contribution in [0.3, 0.4) is 0 Å². The highest BCUT2D eigenvalue weighted by Gasteiger charge is 2.40. The zero-order chi connectivity index (χ0) is 20.0. The molecule has 1 saturated carbocycles. The second-order valence-corrected chi connectivity index (χ2v) is 7.84. The van der Waals surface area contributed by atoms with Gasteiger partial charge in [-0.05, 0) is 51.7 Å². The van der Waals surface area contributed by atoms with Gasteiger partial charge in [0.05, 0.1) is 36.7 Å². The molecule has 150 valence electrons. The van der Waals surface area contributed by atoms with Gasteiger partial charge in [0.1, 0.15) is 5.84 Å². The first-order chi connectivity index (χ1) is 12.8. The molecule has 2 rings (SSSR count). The zero-order valence-electron chi connectivity index (χ0n) is 17.1. The Bertz CT molecular complexity index is 656. The van der Waals surface area contributed by atoms with Crippen LogP contribution in [0.5, 0.6) is 0 Å². The van der Waals surface area contributed by atoms with E-state index in [4.69, 9.17) is 27.4 Å². The van der Waals surface area contributed by atoms with Crippen molar-refractivity contribution in [2.45, 2.75) is 64.2 Å². The number of aliphatic imine (C=N–C) groups is 1. The van der Waals surface area contributed by atoms with Crippen LogP contribution in [0.1, 0.15) is 46.5 Å². The first-order valence-corrected chi connectivity index (χ1v) is 9.67. The van der Waals surface area contributed by atoms with Gasteiger partial charge in [-0.25, -0.2) is 0 Å². The summed E-state index contributed by atoms with van der Waals surface area (Å²) in [5.74, 6) is 3.41. The summed E-state index contributed by atoms with van der Waals surface area (Å²) >= 11 is 0. The van der Waals surface area contributed by atoms with E-state index in [1.807, 2.05) is 6.08 Å². The predicted octanol–water partition coefficient (Wildman–Crippen LogP) is 2.16. The van der Waals surface area contributed by atoms with E-state index < -0.39 is 0 Å². The van der Waals surface area contributed by atoms with Crippen LogP contribution in [0.15, 0.2) is 28.0 Å². The van der Waals surface area contributed by atoms with Crippen molar-refractivity contribution in [3.05, 3.63) is 23.0 Å². The van der Waals surface area contributed by atoms with E-state index in [2.05, 4.69) is 36.6 Å². The molecule has 0 aromatic rings. The highest BCUT2D eigenvalue weighted by atomic mass is 16.5. The Morgan fingerprint density at radius 1 is 1.48 bits per heavy atom. The zero-order valence-corrected chi connectivity index (χ0v) is 17.1. The van der Waals surface area contributed by atoms with E-state index in [1.54, 1.807) is 7.05 Å². The molecule has 1 heterocycles. The minimum absolute atomic E-state index is 0.0192. The Labute approximate surface area is 163 Å². The second kappa shape index (κ2) is 9.29. The number of morpholine rings is 1. The third-order valence-corrected chi connectivity index (χ3v) is 5.13. The molecule has 2 fully saturated rings. The van der Waals surface area contributed by atoms with Crippen molar-refractivity contribution in [3.63, 3.8) is 0 Å². The molecule has 0 amide bonds. The molecule has 6 nitrogen and oxygen atoms in total. The van der Waals surface area contributed by atoms with Crippen LogP contribution in [-0.4, -0.2) is 55.3 Å². The fraction of sp³-hybridized carbons (Fsp3) is 0.667. The maximum absolute atomic E-state index is 6.33. The van der Waals surface area contributed by atoms with Crippen LogP contribution in [0.25, 0.3) is 0 Å². The second-order valence-electron chi connectivity index (χ2n) is 7.84. The molecule has 0 aromatic heterocycles. The number of rotatable bonds is 7. The third-order valence-electron chi connectivity index (χ3n) is 5.13. The molecule has 2 atom stereocenters. The summed E-state index contributed by atoms with van der Waals surface area (Å²) in [6.07, 6.45) is 10.9. The van der Waals surface area contributed by atoms with Gasteiger partial charge in [-0.15, -0.1) is 6.42 Å². The fourth-order valence-corrected chi connectivity index (χ4v) is 3.35. The van der Waals surface area contributed by atoms with Crippen LogP contribution in [0.2, 0.25) is 0 Å². The first-order valence-electron chi connectivity index (χ1n) is 9.67. The Morgan fingerprint density at radius 2 is 2.19 bits per heavy atom. The number of nitrogens with two attached hydrogens (primary N) is 2. The van der Waals surface area contributed by atoms with Gasteiger partial charge >= 0.3 is 0 Å². The molecule has 0 radical (unpaired) electrons. The van der Waals surface area contributed by atoms with E-state index in [-0.39, 0.29) is 17.7 Å². The molecule has 6 heteroatoms. The topological polar surface area (TPSA) is 86.1 Å². The lowest BCUT2D eigenvalue weighted by Crippen LogP contribution is -2.46.